The Morgan fingerprint density at radius 2 is 1.04 bits per heavy atom. The third kappa shape index (κ3) is 15.8. The van der Waals surface area contributed by atoms with Crippen LogP contribution >= 0.6 is 0 Å². The number of hydrogen-bond donors (Lipinski definition) is 0. The third-order valence-corrected chi connectivity index (χ3v) is 3.95. The molecule has 0 N–H and O–H groups in total. The Morgan fingerprint density at radius 3 is 1.42 bits per heavy atom. The molecule has 142 valence electrons. The van der Waals surface area contributed by atoms with Gasteiger partial charge in [0.1, 0.15) is 0 Å². The summed E-state index contributed by atoms with van der Waals surface area (Å²) in [5.74, 6) is -0.143. The molecule has 5 nitrogen and oxygen atoms in total. The molecule has 0 amide bonds. The van der Waals surface area contributed by atoms with E-state index in [9.17, 15) is 9.59 Å². The Morgan fingerprint density at radius 1 is 0.667 bits per heavy atom. The largest absolute Gasteiger partial charge is 0.466 e. The second-order valence-electron chi connectivity index (χ2n) is 6.24. The predicted molar refractivity (Wildman–Crippen MR) is 96.9 cm³/mol. The number of hydrogen-bond acceptors (Lipinski definition) is 5. The number of ether oxygens (including phenoxy) is 2. The molecule has 0 aliphatic heterocycles. The molecule has 0 unspecified atom stereocenters. The molecule has 0 spiro atoms. The zero-order valence-corrected chi connectivity index (χ0v) is 16.0. The van der Waals surface area contributed by atoms with Gasteiger partial charge in [-0.1, -0.05) is 25.7 Å². The number of carbonyl (C=O) groups excluding carboxylic acids is 2. The first-order valence-electron chi connectivity index (χ1n) is 9.59. The maximum absolute atomic E-state index is 11.2. The lowest BCUT2D eigenvalue weighted by Gasteiger charge is -2.16. The fraction of sp³-hybridized carbons (Fsp3) is 0.895. The van der Waals surface area contributed by atoms with E-state index >= 15 is 0 Å². The molecule has 0 fully saturated rings. The lowest BCUT2D eigenvalue weighted by molar-refractivity contribution is -0.144. The number of carbonyl (C=O) groups is 2. The summed E-state index contributed by atoms with van der Waals surface area (Å²) in [6, 6.07) is 0. The molecule has 0 aromatic heterocycles. The van der Waals surface area contributed by atoms with Gasteiger partial charge in [-0.3, -0.25) is 9.59 Å². The fourth-order valence-electron chi connectivity index (χ4n) is 2.59. The SMILES string of the molecule is CCOC(=O)CCCCCCN(C)CCCCCCC(=O)OCC. The summed E-state index contributed by atoms with van der Waals surface area (Å²) in [4.78, 5) is 24.8. The fourth-order valence-corrected chi connectivity index (χ4v) is 2.59. The Labute approximate surface area is 148 Å². The van der Waals surface area contributed by atoms with Crippen molar-refractivity contribution >= 4 is 11.9 Å². The molecule has 0 rings (SSSR count). The van der Waals surface area contributed by atoms with Crippen LogP contribution in [0.1, 0.15) is 78.1 Å². The predicted octanol–water partition coefficient (Wildman–Crippen LogP) is 3.95. The molecule has 0 radical (unpaired) electrons. The molecule has 24 heavy (non-hydrogen) atoms. The van der Waals surface area contributed by atoms with Gasteiger partial charge in [0.05, 0.1) is 13.2 Å². The van der Waals surface area contributed by atoms with Crippen molar-refractivity contribution in [2.45, 2.75) is 78.1 Å². The van der Waals surface area contributed by atoms with Crippen molar-refractivity contribution in [1.29, 1.82) is 0 Å². The molecule has 0 heterocycles. The first-order valence-corrected chi connectivity index (χ1v) is 9.59. The molecule has 0 aromatic carbocycles. The molecular formula is C19H37NO4. The highest BCUT2D eigenvalue weighted by atomic mass is 16.5. The summed E-state index contributed by atoms with van der Waals surface area (Å²) in [5, 5.41) is 0. The highest BCUT2D eigenvalue weighted by molar-refractivity contribution is 5.69. The van der Waals surface area contributed by atoms with Crippen molar-refractivity contribution in [2.75, 3.05) is 33.4 Å². The van der Waals surface area contributed by atoms with E-state index in [0.717, 1.165) is 38.8 Å². The van der Waals surface area contributed by atoms with Crippen molar-refractivity contribution in [2.24, 2.45) is 0 Å². The first-order chi connectivity index (χ1) is 11.6. The first kappa shape index (κ1) is 22.9. The van der Waals surface area contributed by atoms with Crippen LogP contribution in [0.25, 0.3) is 0 Å². The van der Waals surface area contributed by atoms with Gasteiger partial charge in [-0.2, -0.15) is 0 Å². The molecule has 0 saturated heterocycles. The van der Waals surface area contributed by atoms with E-state index in [1.165, 1.54) is 25.7 Å². The molecule has 0 aliphatic carbocycles. The van der Waals surface area contributed by atoms with Crippen LogP contribution in [0.2, 0.25) is 0 Å². The molecule has 0 atom stereocenters. The van der Waals surface area contributed by atoms with E-state index in [4.69, 9.17) is 9.47 Å². The summed E-state index contributed by atoms with van der Waals surface area (Å²) in [7, 11) is 2.16. The van der Waals surface area contributed by atoms with Crippen LogP contribution in [0.4, 0.5) is 0 Å². The minimum atomic E-state index is -0.0717. The maximum Gasteiger partial charge on any atom is 0.305 e. The molecule has 0 bridgehead atoms. The second kappa shape index (κ2) is 16.7. The summed E-state index contributed by atoms with van der Waals surface area (Å²) in [6.45, 7) is 6.87. The highest BCUT2D eigenvalue weighted by Gasteiger charge is 2.03. The van der Waals surface area contributed by atoms with Crippen LogP contribution in [0.3, 0.4) is 0 Å². The van der Waals surface area contributed by atoms with Crippen LogP contribution in [-0.2, 0) is 19.1 Å². The Balaban J connectivity index is 3.31. The summed E-state index contributed by atoms with van der Waals surface area (Å²) in [6.07, 6.45) is 9.87. The van der Waals surface area contributed by atoms with Gasteiger partial charge in [0.15, 0.2) is 0 Å². The molecule has 0 saturated carbocycles. The zero-order chi connectivity index (χ0) is 18.0. The van der Waals surface area contributed by atoms with Gasteiger partial charge in [-0.05, 0) is 59.7 Å². The van der Waals surface area contributed by atoms with Gasteiger partial charge in [-0.25, -0.2) is 0 Å². The zero-order valence-electron chi connectivity index (χ0n) is 16.0. The van der Waals surface area contributed by atoms with E-state index < -0.39 is 0 Å². The van der Waals surface area contributed by atoms with Crippen LogP contribution in [0, 0.1) is 0 Å². The average Bonchev–Trinajstić information content (AvgIpc) is 2.54. The van der Waals surface area contributed by atoms with Crippen molar-refractivity contribution in [3.63, 3.8) is 0 Å². The van der Waals surface area contributed by atoms with Gasteiger partial charge < -0.3 is 14.4 Å². The maximum atomic E-state index is 11.2. The minimum absolute atomic E-state index is 0.0717. The number of rotatable bonds is 16. The van der Waals surface area contributed by atoms with E-state index in [2.05, 4.69) is 11.9 Å². The van der Waals surface area contributed by atoms with Gasteiger partial charge in [0, 0.05) is 12.8 Å². The minimum Gasteiger partial charge on any atom is -0.466 e. The standard InChI is InChI=1S/C19H37NO4/c1-4-23-18(21)14-10-6-8-12-16-20(3)17-13-9-7-11-15-19(22)24-5-2/h4-17H2,1-3H3. The lowest BCUT2D eigenvalue weighted by atomic mass is 10.1. The van der Waals surface area contributed by atoms with E-state index in [-0.39, 0.29) is 11.9 Å². The third-order valence-electron chi connectivity index (χ3n) is 3.95. The Kier molecular flexibility index (Phi) is 16.0. The molecular weight excluding hydrogens is 306 g/mol. The quantitative estimate of drug-likeness (QED) is 0.314. The number of nitrogens with zero attached hydrogens (tertiary/aromatic N) is 1. The summed E-state index contributed by atoms with van der Waals surface area (Å²) < 4.78 is 9.82. The highest BCUT2D eigenvalue weighted by Crippen LogP contribution is 2.07. The molecule has 0 aliphatic rings. The normalized spacial score (nSPS) is 10.8. The second-order valence-corrected chi connectivity index (χ2v) is 6.24. The molecule has 0 aromatic rings. The van der Waals surface area contributed by atoms with Gasteiger partial charge in [0.2, 0.25) is 0 Å². The number of unbranched alkanes of at least 4 members (excludes halogenated alkanes) is 6. The van der Waals surface area contributed by atoms with E-state index in [0.29, 0.717) is 26.1 Å². The monoisotopic (exact) mass is 343 g/mol. The topological polar surface area (TPSA) is 55.8 Å². The Hall–Kier alpha value is -1.10. The van der Waals surface area contributed by atoms with Gasteiger partial charge in [0.25, 0.3) is 0 Å². The van der Waals surface area contributed by atoms with Crippen LogP contribution < -0.4 is 0 Å². The van der Waals surface area contributed by atoms with Crippen molar-refractivity contribution in [3.8, 4) is 0 Å². The van der Waals surface area contributed by atoms with Crippen LogP contribution in [0.5, 0.6) is 0 Å². The smallest absolute Gasteiger partial charge is 0.305 e. The summed E-state index contributed by atoms with van der Waals surface area (Å²) in [5.41, 5.74) is 0. The number of esters is 2. The van der Waals surface area contributed by atoms with Gasteiger partial charge >= 0.3 is 11.9 Å². The van der Waals surface area contributed by atoms with Crippen molar-refractivity contribution in [3.05, 3.63) is 0 Å². The van der Waals surface area contributed by atoms with E-state index in [1.807, 2.05) is 13.8 Å². The van der Waals surface area contributed by atoms with Crippen LogP contribution in [-0.4, -0.2) is 50.2 Å². The van der Waals surface area contributed by atoms with Crippen LogP contribution in [0.15, 0.2) is 0 Å². The lowest BCUT2D eigenvalue weighted by Crippen LogP contribution is -2.20. The molecule has 5 heteroatoms. The van der Waals surface area contributed by atoms with E-state index in [1.54, 1.807) is 0 Å². The average molecular weight is 344 g/mol. The van der Waals surface area contributed by atoms with Gasteiger partial charge in [-0.15, -0.1) is 0 Å². The van der Waals surface area contributed by atoms with Crippen molar-refractivity contribution < 1.29 is 19.1 Å². The Bertz CT molecular complexity index is 290. The van der Waals surface area contributed by atoms with Crippen molar-refractivity contribution in [1.82, 2.24) is 4.90 Å². The summed E-state index contributed by atoms with van der Waals surface area (Å²) >= 11 is 0.